The van der Waals surface area contributed by atoms with Crippen molar-refractivity contribution >= 4 is 35.6 Å². The van der Waals surface area contributed by atoms with E-state index in [1.165, 1.54) is 11.2 Å². The van der Waals surface area contributed by atoms with Crippen LogP contribution in [0.4, 0.5) is 5.69 Å². The van der Waals surface area contributed by atoms with Crippen LogP contribution in [0.5, 0.6) is 11.5 Å². The van der Waals surface area contributed by atoms with Gasteiger partial charge in [-0.1, -0.05) is 6.07 Å². The highest BCUT2D eigenvalue weighted by molar-refractivity contribution is 6.05. The molecule has 0 saturated carbocycles. The molecule has 3 aromatic rings. The number of hydrogen-bond donors (Lipinski definition) is 1. The number of anilines is 1. The highest BCUT2D eigenvalue weighted by Crippen LogP contribution is 2.29. The number of amides is 2. The second kappa shape index (κ2) is 11.3. The van der Waals surface area contributed by atoms with Gasteiger partial charge in [0.1, 0.15) is 0 Å². The molecule has 34 heavy (non-hydrogen) atoms. The molecule has 1 N–H and O–H groups in total. The predicted molar refractivity (Wildman–Crippen MR) is 132 cm³/mol. The lowest BCUT2D eigenvalue weighted by Gasteiger charge is -2.24. The normalized spacial score (nSPS) is 12.8. The zero-order chi connectivity index (χ0) is 23.2. The average Bonchev–Trinajstić information content (AvgIpc) is 2.88. The number of rotatable bonds is 6. The molecule has 0 bridgehead atoms. The monoisotopic (exact) mass is 480 g/mol. The van der Waals surface area contributed by atoms with Gasteiger partial charge in [0.15, 0.2) is 11.5 Å². The van der Waals surface area contributed by atoms with Crippen LogP contribution in [0.25, 0.3) is 0 Å². The van der Waals surface area contributed by atoms with Crippen molar-refractivity contribution in [3.05, 3.63) is 83.7 Å². The van der Waals surface area contributed by atoms with Crippen LogP contribution in [0, 0.1) is 0 Å². The second-order valence-electron chi connectivity index (χ2n) is 7.42. The smallest absolute Gasteiger partial charge is 0.274 e. The van der Waals surface area contributed by atoms with E-state index < -0.39 is 0 Å². The molecule has 2 amide bonds. The van der Waals surface area contributed by atoms with Crippen LogP contribution < -0.4 is 14.8 Å². The topological polar surface area (TPSA) is 93.1 Å². The van der Waals surface area contributed by atoms with Gasteiger partial charge < -0.3 is 14.8 Å². The maximum atomic E-state index is 13.2. The van der Waals surface area contributed by atoms with E-state index in [9.17, 15) is 9.59 Å². The Labute approximate surface area is 204 Å². The minimum Gasteiger partial charge on any atom is -0.493 e. The summed E-state index contributed by atoms with van der Waals surface area (Å²) >= 11 is 0. The standard InChI is InChI=1S/C25H24N4O4.ClH/c1-32-22-11-10-17(15-23(22)33-2)21-9-5-13-29(28-21)25(31)18-6-3-8-20(14-18)27-24(30)19-7-4-12-26-16-19;/h3-4,6-8,10-12,14-16H,5,9,13H2,1-2H3,(H,27,30);1H. The number of halogens is 1. The van der Waals surface area contributed by atoms with E-state index in [0.29, 0.717) is 34.9 Å². The second-order valence-corrected chi connectivity index (χ2v) is 7.42. The lowest BCUT2D eigenvalue weighted by Crippen LogP contribution is -2.32. The third kappa shape index (κ3) is 5.52. The molecule has 0 fully saturated rings. The first kappa shape index (κ1) is 24.7. The molecule has 0 aliphatic carbocycles. The number of pyridine rings is 1. The van der Waals surface area contributed by atoms with Crippen molar-refractivity contribution in [2.45, 2.75) is 12.8 Å². The maximum Gasteiger partial charge on any atom is 0.274 e. The zero-order valence-corrected chi connectivity index (χ0v) is 19.7. The van der Waals surface area contributed by atoms with Crippen molar-refractivity contribution in [3.63, 3.8) is 0 Å². The Morgan fingerprint density at radius 2 is 1.76 bits per heavy atom. The minimum atomic E-state index is -0.292. The molecule has 0 unspecified atom stereocenters. The van der Waals surface area contributed by atoms with Crippen molar-refractivity contribution in [2.75, 3.05) is 26.1 Å². The molecule has 0 spiro atoms. The van der Waals surface area contributed by atoms with Gasteiger partial charge in [-0.3, -0.25) is 14.6 Å². The Morgan fingerprint density at radius 3 is 2.50 bits per heavy atom. The molecular weight excluding hydrogens is 456 g/mol. The van der Waals surface area contributed by atoms with Crippen LogP contribution in [0.1, 0.15) is 39.1 Å². The molecule has 2 aromatic carbocycles. The van der Waals surface area contributed by atoms with Crippen LogP contribution >= 0.6 is 12.4 Å². The predicted octanol–water partition coefficient (Wildman–Crippen LogP) is 4.41. The molecule has 9 heteroatoms. The highest BCUT2D eigenvalue weighted by Gasteiger charge is 2.22. The van der Waals surface area contributed by atoms with Crippen molar-refractivity contribution < 1.29 is 19.1 Å². The van der Waals surface area contributed by atoms with E-state index in [4.69, 9.17) is 9.47 Å². The number of carbonyl (C=O) groups excluding carboxylic acids is 2. The molecule has 1 aliphatic rings. The Hall–Kier alpha value is -3.91. The summed E-state index contributed by atoms with van der Waals surface area (Å²) < 4.78 is 10.7. The molecule has 1 aromatic heterocycles. The highest BCUT2D eigenvalue weighted by atomic mass is 35.5. The van der Waals surface area contributed by atoms with Gasteiger partial charge in [-0.15, -0.1) is 12.4 Å². The van der Waals surface area contributed by atoms with Crippen LogP contribution in [-0.4, -0.2) is 48.3 Å². The fourth-order valence-electron chi connectivity index (χ4n) is 3.59. The summed E-state index contributed by atoms with van der Waals surface area (Å²) in [5, 5.41) is 8.88. The number of benzene rings is 2. The summed E-state index contributed by atoms with van der Waals surface area (Å²) in [5.41, 5.74) is 3.08. The number of hydrogen-bond acceptors (Lipinski definition) is 6. The number of hydrazone groups is 1. The molecule has 4 rings (SSSR count). The van der Waals surface area contributed by atoms with Gasteiger partial charge in [0.05, 0.1) is 25.5 Å². The average molecular weight is 481 g/mol. The molecular formula is C25H25ClN4O4. The fraction of sp³-hybridized carbons (Fsp3) is 0.200. The quantitative estimate of drug-likeness (QED) is 0.564. The minimum absolute atomic E-state index is 0. The van der Waals surface area contributed by atoms with Crippen LogP contribution in [0.15, 0.2) is 72.1 Å². The Morgan fingerprint density at radius 1 is 0.971 bits per heavy atom. The summed E-state index contributed by atoms with van der Waals surface area (Å²) in [6.07, 6.45) is 4.63. The lowest BCUT2D eigenvalue weighted by molar-refractivity contribution is 0.0751. The van der Waals surface area contributed by atoms with Crippen molar-refractivity contribution in [1.82, 2.24) is 9.99 Å². The first-order chi connectivity index (χ1) is 16.1. The lowest BCUT2D eigenvalue weighted by atomic mass is 10.0. The van der Waals surface area contributed by atoms with Crippen molar-refractivity contribution in [2.24, 2.45) is 5.10 Å². The van der Waals surface area contributed by atoms with Gasteiger partial charge in [0, 0.05) is 35.8 Å². The van der Waals surface area contributed by atoms with Gasteiger partial charge in [-0.25, -0.2) is 5.01 Å². The molecule has 176 valence electrons. The van der Waals surface area contributed by atoms with Gasteiger partial charge in [0.2, 0.25) is 0 Å². The van der Waals surface area contributed by atoms with E-state index in [1.807, 2.05) is 18.2 Å². The van der Waals surface area contributed by atoms with E-state index >= 15 is 0 Å². The van der Waals surface area contributed by atoms with Gasteiger partial charge in [-0.2, -0.15) is 5.10 Å². The molecule has 0 atom stereocenters. The van der Waals surface area contributed by atoms with Crippen LogP contribution in [-0.2, 0) is 0 Å². The first-order valence-corrected chi connectivity index (χ1v) is 10.5. The van der Waals surface area contributed by atoms with E-state index in [-0.39, 0.29) is 24.2 Å². The van der Waals surface area contributed by atoms with Crippen molar-refractivity contribution in [3.8, 4) is 11.5 Å². The SMILES string of the molecule is COc1ccc(C2=NN(C(=O)c3cccc(NC(=O)c4cccnc4)c3)CCC2)cc1OC.Cl. The number of nitrogens with one attached hydrogen (secondary N) is 1. The Bertz CT molecular complexity index is 1200. The summed E-state index contributed by atoms with van der Waals surface area (Å²) in [5.74, 6) is 0.721. The third-order valence-corrected chi connectivity index (χ3v) is 5.27. The number of carbonyl (C=O) groups is 2. The molecule has 2 heterocycles. The molecule has 0 saturated heterocycles. The van der Waals surface area contributed by atoms with Gasteiger partial charge >= 0.3 is 0 Å². The van der Waals surface area contributed by atoms with Crippen LogP contribution in [0.2, 0.25) is 0 Å². The largest absolute Gasteiger partial charge is 0.493 e. The molecule has 0 radical (unpaired) electrons. The fourth-order valence-corrected chi connectivity index (χ4v) is 3.59. The number of ether oxygens (including phenoxy) is 2. The zero-order valence-electron chi connectivity index (χ0n) is 18.9. The summed E-state index contributed by atoms with van der Waals surface area (Å²) in [4.78, 5) is 29.5. The summed E-state index contributed by atoms with van der Waals surface area (Å²) in [6.45, 7) is 0.516. The maximum absolute atomic E-state index is 13.2. The van der Waals surface area contributed by atoms with Crippen molar-refractivity contribution in [1.29, 1.82) is 0 Å². The summed E-state index contributed by atoms with van der Waals surface area (Å²) in [7, 11) is 3.17. The van der Waals surface area contributed by atoms with Gasteiger partial charge in [-0.05, 0) is 61.4 Å². The molecule has 8 nitrogen and oxygen atoms in total. The number of aromatic nitrogens is 1. The van der Waals surface area contributed by atoms with Gasteiger partial charge in [0.25, 0.3) is 11.8 Å². The van der Waals surface area contributed by atoms with E-state index in [1.54, 1.807) is 56.8 Å². The number of methoxy groups -OCH3 is 2. The van der Waals surface area contributed by atoms with E-state index in [0.717, 1.165) is 24.1 Å². The third-order valence-electron chi connectivity index (χ3n) is 5.27. The number of nitrogens with zero attached hydrogens (tertiary/aromatic N) is 3. The Balaban J connectivity index is 0.00000324. The summed E-state index contributed by atoms with van der Waals surface area (Å²) in [6, 6.07) is 15.8. The van der Waals surface area contributed by atoms with E-state index in [2.05, 4.69) is 15.4 Å². The van der Waals surface area contributed by atoms with Crippen LogP contribution in [0.3, 0.4) is 0 Å². The molecule has 1 aliphatic heterocycles. The first-order valence-electron chi connectivity index (χ1n) is 10.5. The Kier molecular flexibility index (Phi) is 8.21.